The Bertz CT molecular complexity index is 583. The van der Waals surface area contributed by atoms with Gasteiger partial charge >= 0.3 is 0 Å². The Balaban J connectivity index is 1.71. The Hall–Kier alpha value is -1.88. The lowest BCUT2D eigenvalue weighted by Crippen LogP contribution is -2.38. The van der Waals surface area contributed by atoms with Crippen molar-refractivity contribution in [1.29, 1.82) is 0 Å². The van der Waals surface area contributed by atoms with E-state index >= 15 is 0 Å². The van der Waals surface area contributed by atoms with E-state index in [1.165, 1.54) is 11.1 Å². The van der Waals surface area contributed by atoms with Crippen molar-refractivity contribution in [3.63, 3.8) is 0 Å². The largest absolute Gasteiger partial charge is 0.355 e. The van der Waals surface area contributed by atoms with Crippen molar-refractivity contribution in [1.82, 2.24) is 15.5 Å². The summed E-state index contributed by atoms with van der Waals surface area (Å²) in [5, 5.41) is 6.33. The van der Waals surface area contributed by atoms with Gasteiger partial charge in [0.15, 0.2) is 0 Å². The molecule has 1 aliphatic rings. The van der Waals surface area contributed by atoms with Crippen LogP contribution >= 0.6 is 0 Å². The molecule has 0 spiro atoms. The molecule has 1 heterocycles. The standard InChI is InChI=1S/C21H33N3O2/c1-4-17-8-10-18(11-9-17)21(16(2)3)23-15-19(25)22-12-6-14-24-13-5-7-20(24)26/h8-11,16,21,23H,4-7,12-15H2,1-3H3,(H,22,25). The third kappa shape index (κ3) is 6.13. The second-order valence-electron chi connectivity index (χ2n) is 7.39. The van der Waals surface area contributed by atoms with Crippen LogP contribution in [0.15, 0.2) is 24.3 Å². The van der Waals surface area contributed by atoms with E-state index < -0.39 is 0 Å². The van der Waals surface area contributed by atoms with Crippen LogP contribution in [0.3, 0.4) is 0 Å². The summed E-state index contributed by atoms with van der Waals surface area (Å²) in [5.74, 6) is 0.650. The minimum Gasteiger partial charge on any atom is -0.355 e. The second kappa shape index (κ2) is 10.3. The monoisotopic (exact) mass is 359 g/mol. The van der Waals surface area contributed by atoms with Gasteiger partial charge in [0.1, 0.15) is 0 Å². The number of aryl methyl sites for hydroxylation is 1. The predicted octanol–water partition coefficient (Wildman–Crippen LogP) is 2.66. The average molecular weight is 360 g/mol. The van der Waals surface area contributed by atoms with Crippen LogP contribution < -0.4 is 10.6 Å². The molecule has 1 aromatic carbocycles. The Morgan fingerprint density at radius 1 is 1.23 bits per heavy atom. The van der Waals surface area contributed by atoms with Gasteiger partial charge in [0.2, 0.25) is 11.8 Å². The smallest absolute Gasteiger partial charge is 0.233 e. The topological polar surface area (TPSA) is 61.4 Å². The summed E-state index contributed by atoms with van der Waals surface area (Å²) in [6.45, 7) is 9.00. The van der Waals surface area contributed by atoms with Crippen LogP contribution in [-0.2, 0) is 16.0 Å². The van der Waals surface area contributed by atoms with Crippen LogP contribution in [0.25, 0.3) is 0 Å². The average Bonchev–Trinajstić information content (AvgIpc) is 3.04. The number of nitrogens with one attached hydrogen (secondary N) is 2. The van der Waals surface area contributed by atoms with E-state index in [-0.39, 0.29) is 17.9 Å². The highest BCUT2D eigenvalue weighted by molar-refractivity contribution is 5.78. The van der Waals surface area contributed by atoms with Gasteiger partial charge in [0.25, 0.3) is 0 Å². The first kappa shape index (κ1) is 20.4. The van der Waals surface area contributed by atoms with Gasteiger partial charge in [0.05, 0.1) is 6.54 Å². The molecule has 0 aromatic heterocycles. The molecule has 2 N–H and O–H groups in total. The molecule has 0 radical (unpaired) electrons. The first-order valence-corrected chi connectivity index (χ1v) is 9.88. The van der Waals surface area contributed by atoms with Gasteiger partial charge < -0.3 is 15.5 Å². The Labute approximate surface area is 157 Å². The number of likely N-dealkylation sites (tertiary alicyclic amines) is 1. The van der Waals surface area contributed by atoms with Gasteiger partial charge in [0, 0.05) is 32.1 Å². The maximum Gasteiger partial charge on any atom is 0.233 e. The molecule has 2 rings (SSSR count). The van der Waals surface area contributed by atoms with Crippen LogP contribution in [0.1, 0.15) is 57.2 Å². The van der Waals surface area contributed by atoms with E-state index in [4.69, 9.17) is 0 Å². The van der Waals surface area contributed by atoms with Crippen molar-refractivity contribution in [2.75, 3.05) is 26.2 Å². The van der Waals surface area contributed by atoms with E-state index in [1.807, 2.05) is 4.90 Å². The summed E-state index contributed by atoms with van der Waals surface area (Å²) in [5.41, 5.74) is 2.54. The molecule has 5 heteroatoms. The first-order chi connectivity index (χ1) is 12.5. The molecular weight excluding hydrogens is 326 g/mol. The third-order valence-corrected chi connectivity index (χ3v) is 4.99. The number of hydrogen-bond acceptors (Lipinski definition) is 3. The quantitative estimate of drug-likeness (QED) is 0.632. The van der Waals surface area contributed by atoms with E-state index in [9.17, 15) is 9.59 Å². The normalized spacial score (nSPS) is 15.5. The number of carbonyl (C=O) groups is 2. The van der Waals surface area contributed by atoms with Gasteiger partial charge in [-0.15, -0.1) is 0 Å². The molecule has 0 saturated carbocycles. The van der Waals surface area contributed by atoms with Crippen LogP contribution in [0.2, 0.25) is 0 Å². The lowest BCUT2D eigenvalue weighted by atomic mass is 9.95. The first-order valence-electron chi connectivity index (χ1n) is 9.88. The van der Waals surface area contributed by atoms with Crippen molar-refractivity contribution in [3.05, 3.63) is 35.4 Å². The highest BCUT2D eigenvalue weighted by Gasteiger charge is 2.19. The predicted molar refractivity (Wildman–Crippen MR) is 105 cm³/mol. The molecule has 2 amide bonds. The molecule has 1 unspecified atom stereocenters. The van der Waals surface area contributed by atoms with Crippen LogP contribution in [0.5, 0.6) is 0 Å². The summed E-state index contributed by atoms with van der Waals surface area (Å²) in [7, 11) is 0. The lowest BCUT2D eigenvalue weighted by Gasteiger charge is -2.23. The summed E-state index contributed by atoms with van der Waals surface area (Å²) < 4.78 is 0. The fourth-order valence-electron chi connectivity index (χ4n) is 3.40. The number of benzene rings is 1. The van der Waals surface area contributed by atoms with Crippen molar-refractivity contribution in [2.45, 2.75) is 52.5 Å². The third-order valence-electron chi connectivity index (χ3n) is 4.99. The minimum absolute atomic E-state index is 0.00794. The van der Waals surface area contributed by atoms with Gasteiger partial charge in [-0.2, -0.15) is 0 Å². The molecule has 1 aliphatic heterocycles. The second-order valence-corrected chi connectivity index (χ2v) is 7.39. The maximum absolute atomic E-state index is 12.1. The zero-order chi connectivity index (χ0) is 18.9. The summed E-state index contributed by atoms with van der Waals surface area (Å²) in [6, 6.07) is 8.79. The number of amides is 2. The molecule has 1 fully saturated rings. The molecule has 144 valence electrons. The van der Waals surface area contributed by atoms with E-state index in [0.717, 1.165) is 32.4 Å². The van der Waals surface area contributed by atoms with E-state index in [2.05, 4.69) is 55.7 Å². The molecule has 0 bridgehead atoms. The van der Waals surface area contributed by atoms with E-state index in [0.29, 0.717) is 25.4 Å². The number of hydrogen-bond donors (Lipinski definition) is 2. The van der Waals surface area contributed by atoms with Gasteiger partial charge in [-0.3, -0.25) is 9.59 Å². The van der Waals surface area contributed by atoms with Crippen molar-refractivity contribution in [3.8, 4) is 0 Å². The number of nitrogens with zero attached hydrogens (tertiary/aromatic N) is 1. The van der Waals surface area contributed by atoms with Crippen LogP contribution in [-0.4, -0.2) is 42.9 Å². The number of carbonyl (C=O) groups excluding carboxylic acids is 2. The highest BCUT2D eigenvalue weighted by atomic mass is 16.2. The maximum atomic E-state index is 12.1. The van der Waals surface area contributed by atoms with Crippen molar-refractivity contribution >= 4 is 11.8 Å². The summed E-state index contributed by atoms with van der Waals surface area (Å²) in [4.78, 5) is 25.5. The molecular formula is C21H33N3O2. The zero-order valence-corrected chi connectivity index (χ0v) is 16.4. The van der Waals surface area contributed by atoms with E-state index in [1.54, 1.807) is 0 Å². The van der Waals surface area contributed by atoms with Crippen molar-refractivity contribution in [2.24, 2.45) is 5.92 Å². The Morgan fingerprint density at radius 3 is 2.54 bits per heavy atom. The fourth-order valence-corrected chi connectivity index (χ4v) is 3.40. The van der Waals surface area contributed by atoms with Crippen LogP contribution in [0, 0.1) is 5.92 Å². The molecule has 26 heavy (non-hydrogen) atoms. The van der Waals surface area contributed by atoms with Crippen LogP contribution in [0.4, 0.5) is 0 Å². The molecule has 0 aliphatic carbocycles. The minimum atomic E-state index is 0.00794. The molecule has 1 saturated heterocycles. The Morgan fingerprint density at radius 2 is 1.96 bits per heavy atom. The fraction of sp³-hybridized carbons (Fsp3) is 0.619. The Kier molecular flexibility index (Phi) is 8.10. The number of rotatable bonds is 10. The lowest BCUT2D eigenvalue weighted by molar-refractivity contribution is -0.127. The SMILES string of the molecule is CCc1ccc(C(NCC(=O)NCCCN2CCCC2=O)C(C)C)cc1. The molecule has 1 aromatic rings. The van der Waals surface area contributed by atoms with Gasteiger partial charge in [-0.05, 0) is 36.3 Å². The summed E-state index contributed by atoms with van der Waals surface area (Å²) >= 11 is 0. The summed E-state index contributed by atoms with van der Waals surface area (Å²) in [6.07, 6.45) is 3.48. The zero-order valence-electron chi connectivity index (χ0n) is 16.4. The molecule has 1 atom stereocenters. The van der Waals surface area contributed by atoms with Gasteiger partial charge in [-0.1, -0.05) is 45.0 Å². The highest BCUT2D eigenvalue weighted by Crippen LogP contribution is 2.22. The van der Waals surface area contributed by atoms with Crippen molar-refractivity contribution < 1.29 is 9.59 Å². The van der Waals surface area contributed by atoms with Gasteiger partial charge in [-0.25, -0.2) is 0 Å². The molecule has 5 nitrogen and oxygen atoms in total.